The van der Waals surface area contributed by atoms with Gasteiger partial charge in [-0.15, -0.1) is 5.92 Å². The summed E-state index contributed by atoms with van der Waals surface area (Å²) in [5, 5.41) is 0. The minimum Gasteiger partial charge on any atom is -0.429 e. The topological polar surface area (TPSA) is 9.23 Å². The maximum atomic E-state index is 15.2. The van der Waals surface area contributed by atoms with E-state index < -0.39 is 17.7 Å². The molecule has 0 N–H and O–H groups in total. The summed E-state index contributed by atoms with van der Waals surface area (Å²) in [6.07, 6.45) is 2.46. The highest BCUT2D eigenvalue weighted by molar-refractivity contribution is 5.74. The molecule has 0 heterocycles. The lowest BCUT2D eigenvalue weighted by Crippen LogP contribution is -2.21. The summed E-state index contributed by atoms with van der Waals surface area (Å²) in [5.74, 6) is 4.53. The third-order valence-electron chi connectivity index (χ3n) is 7.27. The number of rotatable bonds is 9. The summed E-state index contributed by atoms with van der Waals surface area (Å²) >= 11 is 0. The first-order valence-corrected chi connectivity index (χ1v) is 14.3. The predicted molar refractivity (Wildman–Crippen MR) is 169 cm³/mol. The van der Waals surface area contributed by atoms with Crippen molar-refractivity contribution in [2.45, 2.75) is 32.8 Å². The molecule has 0 unspecified atom stereocenters. The number of allylic oxidation sites excluding steroid dienone is 2. The van der Waals surface area contributed by atoms with Gasteiger partial charge in [-0.05, 0) is 103 Å². The van der Waals surface area contributed by atoms with Crippen molar-refractivity contribution in [3.8, 4) is 51.0 Å². The standard InChI is InChI=1S/C39H30F4O/c1-3-5-6-8-28-9-13-29(14-10-28)31-17-23-36(37(40)25-31)32-18-24-35(38(41)26-32)30-15-19-33(20-16-30)39(42,43)44-34-21-11-27(7-4-2)12-22-34/h3,5,9-26H,6,8H2,1-2H3/b5-3+. The van der Waals surface area contributed by atoms with E-state index in [9.17, 15) is 8.78 Å². The fourth-order valence-electron chi connectivity index (χ4n) is 4.93. The molecule has 0 radical (unpaired) electrons. The van der Waals surface area contributed by atoms with Gasteiger partial charge in [0.1, 0.15) is 17.4 Å². The molecule has 5 aromatic rings. The molecule has 0 saturated carbocycles. The van der Waals surface area contributed by atoms with Crippen molar-refractivity contribution in [3.63, 3.8) is 0 Å². The fourth-order valence-corrected chi connectivity index (χ4v) is 4.93. The zero-order valence-corrected chi connectivity index (χ0v) is 24.4. The average Bonchev–Trinajstić information content (AvgIpc) is 3.02. The van der Waals surface area contributed by atoms with E-state index in [-0.39, 0.29) is 22.4 Å². The van der Waals surface area contributed by atoms with E-state index in [2.05, 4.69) is 17.9 Å². The summed E-state index contributed by atoms with van der Waals surface area (Å²) < 4.78 is 65.1. The van der Waals surface area contributed by atoms with Crippen LogP contribution >= 0.6 is 0 Å². The zero-order valence-electron chi connectivity index (χ0n) is 24.4. The van der Waals surface area contributed by atoms with Crippen LogP contribution in [-0.2, 0) is 12.5 Å². The van der Waals surface area contributed by atoms with Crippen molar-refractivity contribution >= 4 is 0 Å². The van der Waals surface area contributed by atoms with E-state index in [4.69, 9.17) is 4.74 Å². The molecule has 0 saturated heterocycles. The van der Waals surface area contributed by atoms with E-state index in [1.807, 2.05) is 43.3 Å². The number of alkyl halides is 2. The zero-order chi connectivity index (χ0) is 31.1. The molecule has 0 aliphatic carbocycles. The van der Waals surface area contributed by atoms with Gasteiger partial charge in [-0.3, -0.25) is 0 Å². The molecule has 0 aliphatic rings. The Kier molecular flexibility index (Phi) is 9.31. The molecule has 5 rings (SSSR count). The van der Waals surface area contributed by atoms with Gasteiger partial charge in [0.25, 0.3) is 0 Å². The van der Waals surface area contributed by atoms with Gasteiger partial charge in [-0.25, -0.2) is 8.78 Å². The second-order valence-corrected chi connectivity index (χ2v) is 10.3. The first kappa shape index (κ1) is 30.4. The summed E-state index contributed by atoms with van der Waals surface area (Å²) in [6.45, 7) is 3.69. The van der Waals surface area contributed by atoms with Crippen LogP contribution in [0.1, 0.15) is 37.0 Å². The van der Waals surface area contributed by atoms with Crippen molar-refractivity contribution in [1.29, 1.82) is 0 Å². The van der Waals surface area contributed by atoms with Crippen molar-refractivity contribution in [2.75, 3.05) is 0 Å². The SMILES string of the molecule is CC#Cc1ccc(OC(F)(F)c2ccc(-c3ccc(-c4ccc(-c5ccc(CC/C=C/C)cc5)cc4F)cc3F)cc2)cc1. The number of benzene rings is 5. The Morgan fingerprint density at radius 2 is 1.25 bits per heavy atom. The van der Waals surface area contributed by atoms with Crippen LogP contribution in [-0.4, -0.2) is 0 Å². The van der Waals surface area contributed by atoms with Crippen LogP contribution in [0.15, 0.2) is 121 Å². The molecule has 220 valence electrons. The van der Waals surface area contributed by atoms with E-state index >= 15 is 8.78 Å². The van der Waals surface area contributed by atoms with E-state index in [1.54, 1.807) is 31.2 Å². The van der Waals surface area contributed by atoms with Gasteiger partial charge >= 0.3 is 6.11 Å². The number of halogens is 4. The number of hydrogen-bond donors (Lipinski definition) is 0. The molecular formula is C39H30F4O. The quantitative estimate of drug-likeness (QED) is 0.0943. The predicted octanol–water partition coefficient (Wildman–Crippen LogP) is 11.0. The third kappa shape index (κ3) is 7.10. The van der Waals surface area contributed by atoms with Crippen molar-refractivity contribution in [1.82, 2.24) is 0 Å². The van der Waals surface area contributed by atoms with E-state index in [1.165, 1.54) is 60.2 Å². The van der Waals surface area contributed by atoms with Crippen LogP contribution in [0.25, 0.3) is 33.4 Å². The second kappa shape index (κ2) is 13.5. The van der Waals surface area contributed by atoms with Crippen LogP contribution in [0.4, 0.5) is 17.6 Å². The Bertz CT molecular complexity index is 1830. The lowest BCUT2D eigenvalue weighted by atomic mass is 9.96. The van der Waals surface area contributed by atoms with Gasteiger partial charge in [-0.2, -0.15) is 8.78 Å². The first-order chi connectivity index (χ1) is 21.3. The Balaban J connectivity index is 1.30. The molecule has 0 bridgehead atoms. The van der Waals surface area contributed by atoms with Gasteiger partial charge in [0.2, 0.25) is 0 Å². The van der Waals surface area contributed by atoms with Crippen LogP contribution in [0.3, 0.4) is 0 Å². The summed E-state index contributed by atoms with van der Waals surface area (Å²) in [5.41, 5.74) is 4.41. The smallest absolute Gasteiger partial charge is 0.426 e. The molecule has 5 heteroatoms. The highest BCUT2D eigenvalue weighted by atomic mass is 19.3. The van der Waals surface area contributed by atoms with Crippen LogP contribution in [0.5, 0.6) is 5.75 Å². The first-order valence-electron chi connectivity index (χ1n) is 14.3. The minimum absolute atomic E-state index is 0.00352. The van der Waals surface area contributed by atoms with Crippen LogP contribution in [0.2, 0.25) is 0 Å². The Morgan fingerprint density at radius 1 is 0.682 bits per heavy atom. The van der Waals surface area contributed by atoms with Gasteiger partial charge in [0.15, 0.2) is 0 Å². The van der Waals surface area contributed by atoms with Crippen molar-refractivity contribution in [2.24, 2.45) is 0 Å². The average molecular weight is 591 g/mol. The summed E-state index contributed by atoms with van der Waals surface area (Å²) in [7, 11) is 0. The highest BCUT2D eigenvalue weighted by Gasteiger charge is 2.34. The second-order valence-electron chi connectivity index (χ2n) is 10.3. The molecule has 0 fully saturated rings. The number of ether oxygens (including phenoxy) is 1. The van der Waals surface area contributed by atoms with Gasteiger partial charge < -0.3 is 4.74 Å². The lowest BCUT2D eigenvalue weighted by molar-refractivity contribution is -0.185. The van der Waals surface area contributed by atoms with Gasteiger partial charge in [-0.1, -0.05) is 78.7 Å². The molecule has 0 aliphatic heterocycles. The largest absolute Gasteiger partial charge is 0.429 e. The molecule has 0 amide bonds. The fraction of sp³-hybridized carbons (Fsp3) is 0.128. The van der Waals surface area contributed by atoms with Crippen molar-refractivity contribution < 1.29 is 22.3 Å². The van der Waals surface area contributed by atoms with Gasteiger partial charge in [0, 0.05) is 16.7 Å². The summed E-state index contributed by atoms with van der Waals surface area (Å²) in [4.78, 5) is 0. The number of aryl methyl sites for hydroxylation is 1. The third-order valence-corrected chi connectivity index (χ3v) is 7.27. The van der Waals surface area contributed by atoms with Crippen LogP contribution in [0, 0.1) is 23.5 Å². The van der Waals surface area contributed by atoms with Crippen molar-refractivity contribution in [3.05, 3.63) is 150 Å². The molecule has 5 aromatic carbocycles. The van der Waals surface area contributed by atoms with E-state index in [0.29, 0.717) is 16.7 Å². The maximum Gasteiger partial charge on any atom is 0.426 e. The number of hydrogen-bond acceptors (Lipinski definition) is 1. The molecule has 0 spiro atoms. The monoisotopic (exact) mass is 590 g/mol. The lowest BCUT2D eigenvalue weighted by Gasteiger charge is -2.18. The molecular weight excluding hydrogens is 560 g/mol. The maximum absolute atomic E-state index is 15.2. The molecule has 0 atom stereocenters. The normalized spacial score (nSPS) is 11.3. The minimum atomic E-state index is -3.60. The molecule has 0 aromatic heterocycles. The molecule has 1 nitrogen and oxygen atoms in total. The Hall–Kier alpha value is -5.08. The Morgan fingerprint density at radius 3 is 1.86 bits per heavy atom. The Labute approximate surface area is 255 Å². The highest BCUT2D eigenvalue weighted by Crippen LogP contribution is 2.35. The molecule has 44 heavy (non-hydrogen) atoms. The van der Waals surface area contributed by atoms with Crippen LogP contribution < -0.4 is 4.74 Å². The van der Waals surface area contributed by atoms with Gasteiger partial charge in [0.05, 0.1) is 5.56 Å². The summed E-state index contributed by atoms with van der Waals surface area (Å²) in [6, 6.07) is 28.6. The van der Waals surface area contributed by atoms with E-state index in [0.717, 1.165) is 24.0 Å².